The first-order valence-corrected chi connectivity index (χ1v) is 10.4. The highest BCUT2D eigenvalue weighted by atomic mass is 28.4. The third kappa shape index (κ3) is 2.93. The largest absolute Gasteiger partial charge is 0.394 e. The van der Waals surface area contributed by atoms with Gasteiger partial charge in [0, 0.05) is 24.3 Å². The lowest BCUT2D eigenvalue weighted by Crippen LogP contribution is -2.53. The lowest BCUT2D eigenvalue weighted by Gasteiger charge is -2.43. The number of hydrogen-bond acceptors (Lipinski definition) is 2. The molecule has 19 heavy (non-hydrogen) atoms. The van der Waals surface area contributed by atoms with Gasteiger partial charge in [-0.15, -0.1) is 0 Å². The van der Waals surface area contributed by atoms with Gasteiger partial charge in [0.25, 0.3) is 0 Å². The van der Waals surface area contributed by atoms with Crippen molar-refractivity contribution in [2.75, 3.05) is 13.2 Å². The molecule has 0 aromatic rings. The smallest absolute Gasteiger partial charge is 0.345 e. The molecule has 2 aliphatic rings. The van der Waals surface area contributed by atoms with Gasteiger partial charge >= 0.3 is 8.56 Å². The lowest BCUT2D eigenvalue weighted by molar-refractivity contribution is 0.150. The van der Waals surface area contributed by atoms with E-state index in [0.29, 0.717) is 0 Å². The molecule has 3 heteroatoms. The van der Waals surface area contributed by atoms with Crippen molar-refractivity contribution < 1.29 is 8.85 Å². The summed E-state index contributed by atoms with van der Waals surface area (Å²) >= 11 is 0. The Labute approximate surface area is 120 Å². The summed E-state index contributed by atoms with van der Waals surface area (Å²) in [6.07, 6.45) is 8.19. The average Bonchev–Trinajstić information content (AvgIpc) is 2.98. The predicted molar refractivity (Wildman–Crippen MR) is 82.5 cm³/mol. The van der Waals surface area contributed by atoms with Gasteiger partial charge in [-0.05, 0) is 38.5 Å². The van der Waals surface area contributed by atoms with Gasteiger partial charge in [0.1, 0.15) is 0 Å². The normalized spacial score (nSPS) is 36.0. The Kier molecular flexibility index (Phi) is 5.50. The molecule has 0 bridgehead atoms. The highest BCUT2D eigenvalue weighted by Gasteiger charge is 2.57. The maximum Gasteiger partial charge on any atom is 0.345 e. The maximum atomic E-state index is 6.50. The van der Waals surface area contributed by atoms with Crippen molar-refractivity contribution in [3.63, 3.8) is 0 Å². The second-order valence-electron chi connectivity index (χ2n) is 6.62. The van der Waals surface area contributed by atoms with Gasteiger partial charge in [-0.3, -0.25) is 0 Å². The van der Waals surface area contributed by atoms with Crippen molar-refractivity contribution >= 4 is 8.56 Å². The monoisotopic (exact) mass is 284 g/mol. The molecule has 0 radical (unpaired) electrons. The fourth-order valence-electron chi connectivity index (χ4n) is 4.68. The first kappa shape index (κ1) is 15.5. The van der Waals surface area contributed by atoms with Crippen molar-refractivity contribution in [1.29, 1.82) is 0 Å². The summed E-state index contributed by atoms with van der Waals surface area (Å²) in [4.78, 5) is 0. The quantitative estimate of drug-likeness (QED) is 0.647. The summed E-state index contributed by atoms with van der Waals surface area (Å²) < 4.78 is 13.0. The summed E-state index contributed by atoms with van der Waals surface area (Å²) in [5.74, 6) is 1.61. The fourth-order valence-corrected chi connectivity index (χ4v) is 10.2. The van der Waals surface area contributed by atoms with Crippen LogP contribution in [0.1, 0.15) is 66.2 Å². The second-order valence-corrected chi connectivity index (χ2v) is 10.1. The zero-order valence-electron chi connectivity index (χ0n) is 13.3. The fraction of sp³-hybridized carbons (Fsp3) is 1.00. The molecular formula is C16H32O2Si. The molecule has 0 saturated heterocycles. The van der Waals surface area contributed by atoms with Crippen LogP contribution in [0, 0.1) is 11.8 Å². The molecule has 2 rings (SSSR count). The minimum Gasteiger partial charge on any atom is -0.394 e. The summed E-state index contributed by atoms with van der Waals surface area (Å²) in [5.41, 5.74) is 1.47. The zero-order valence-corrected chi connectivity index (χ0v) is 14.3. The Balaban J connectivity index is 2.28. The van der Waals surface area contributed by atoms with E-state index in [1.807, 2.05) is 0 Å². The minimum atomic E-state index is -2.06. The van der Waals surface area contributed by atoms with E-state index in [1.54, 1.807) is 0 Å². The van der Waals surface area contributed by atoms with E-state index in [-0.39, 0.29) is 0 Å². The highest BCUT2D eigenvalue weighted by molar-refractivity contribution is 6.70. The molecule has 0 amide bonds. The van der Waals surface area contributed by atoms with Crippen molar-refractivity contribution in [2.24, 2.45) is 11.8 Å². The molecular weight excluding hydrogens is 252 g/mol. The standard InChI is InChI=1S/C16H32O2Si/c1-5-17-19(18-6-2,15-11-7-9-13(15)3)16-12-8-10-14(16)4/h13-16H,5-12H2,1-4H3. The van der Waals surface area contributed by atoms with Crippen molar-refractivity contribution in [2.45, 2.75) is 77.3 Å². The van der Waals surface area contributed by atoms with Crippen LogP contribution >= 0.6 is 0 Å². The van der Waals surface area contributed by atoms with Crippen LogP contribution in [0.25, 0.3) is 0 Å². The van der Waals surface area contributed by atoms with E-state index < -0.39 is 8.56 Å². The molecule has 2 fully saturated rings. The van der Waals surface area contributed by atoms with Gasteiger partial charge in [0.15, 0.2) is 0 Å². The zero-order chi connectivity index (χ0) is 13.9. The average molecular weight is 285 g/mol. The van der Waals surface area contributed by atoms with Gasteiger partial charge in [-0.25, -0.2) is 0 Å². The van der Waals surface area contributed by atoms with Gasteiger partial charge in [-0.2, -0.15) is 0 Å². The van der Waals surface area contributed by atoms with Crippen LogP contribution < -0.4 is 0 Å². The highest BCUT2D eigenvalue weighted by Crippen LogP contribution is 2.54. The molecule has 2 nitrogen and oxygen atoms in total. The van der Waals surface area contributed by atoms with Crippen molar-refractivity contribution in [3.05, 3.63) is 0 Å². The molecule has 0 spiro atoms. The molecule has 4 unspecified atom stereocenters. The molecule has 2 aliphatic carbocycles. The summed E-state index contributed by atoms with van der Waals surface area (Å²) in [7, 11) is -2.06. The van der Waals surface area contributed by atoms with E-state index in [1.165, 1.54) is 38.5 Å². The van der Waals surface area contributed by atoms with E-state index in [4.69, 9.17) is 8.85 Å². The Morgan fingerprint density at radius 3 is 1.47 bits per heavy atom. The number of hydrogen-bond donors (Lipinski definition) is 0. The summed E-state index contributed by atoms with van der Waals surface area (Å²) in [5, 5.41) is 0. The Morgan fingerprint density at radius 2 is 1.21 bits per heavy atom. The molecule has 0 heterocycles. The van der Waals surface area contributed by atoms with Crippen LogP contribution in [0.5, 0.6) is 0 Å². The van der Waals surface area contributed by atoms with E-state index in [2.05, 4.69) is 27.7 Å². The van der Waals surface area contributed by atoms with E-state index in [9.17, 15) is 0 Å². The summed E-state index contributed by atoms with van der Waals surface area (Å²) in [6, 6.07) is 0. The molecule has 2 saturated carbocycles. The third-order valence-electron chi connectivity index (χ3n) is 5.50. The SMILES string of the molecule is CCO[Si](OCC)(C1CCCC1C)C1CCCC1C. The van der Waals surface area contributed by atoms with Crippen LogP contribution in [-0.4, -0.2) is 21.8 Å². The summed E-state index contributed by atoms with van der Waals surface area (Å²) in [6.45, 7) is 10.8. The van der Waals surface area contributed by atoms with Gasteiger partial charge < -0.3 is 8.85 Å². The Morgan fingerprint density at radius 1 is 0.789 bits per heavy atom. The van der Waals surface area contributed by atoms with Gasteiger partial charge in [-0.1, -0.05) is 39.5 Å². The molecule has 0 N–H and O–H groups in total. The van der Waals surface area contributed by atoms with E-state index >= 15 is 0 Å². The second kappa shape index (κ2) is 6.73. The van der Waals surface area contributed by atoms with Crippen molar-refractivity contribution in [3.8, 4) is 0 Å². The van der Waals surface area contributed by atoms with Crippen LogP contribution in [-0.2, 0) is 8.85 Å². The first-order valence-electron chi connectivity index (χ1n) is 8.43. The maximum absolute atomic E-state index is 6.50. The van der Waals surface area contributed by atoms with Crippen molar-refractivity contribution in [1.82, 2.24) is 0 Å². The van der Waals surface area contributed by atoms with Crippen LogP contribution in [0.2, 0.25) is 11.1 Å². The third-order valence-corrected chi connectivity index (χ3v) is 10.8. The Bertz CT molecular complexity index is 254. The molecule has 112 valence electrons. The number of rotatable bonds is 6. The molecule has 0 aromatic heterocycles. The van der Waals surface area contributed by atoms with Crippen LogP contribution in [0.15, 0.2) is 0 Å². The minimum absolute atomic E-state index is 0.734. The van der Waals surface area contributed by atoms with Gasteiger partial charge in [0.05, 0.1) is 0 Å². The molecule has 0 aromatic carbocycles. The predicted octanol–water partition coefficient (Wildman–Crippen LogP) is 4.88. The van der Waals surface area contributed by atoms with Gasteiger partial charge in [0.2, 0.25) is 0 Å². The first-order chi connectivity index (χ1) is 9.15. The van der Waals surface area contributed by atoms with Crippen LogP contribution in [0.4, 0.5) is 0 Å². The Hall–Kier alpha value is 0.137. The molecule has 0 aliphatic heterocycles. The molecule has 4 atom stereocenters. The topological polar surface area (TPSA) is 18.5 Å². The lowest BCUT2D eigenvalue weighted by atomic mass is 10.1. The van der Waals surface area contributed by atoms with E-state index in [0.717, 1.165) is 36.1 Å². The van der Waals surface area contributed by atoms with Crippen LogP contribution in [0.3, 0.4) is 0 Å².